The first kappa shape index (κ1) is 10.5. The van der Waals surface area contributed by atoms with Gasteiger partial charge in [-0.15, -0.1) is 0 Å². The molecule has 0 bridgehead atoms. The summed E-state index contributed by atoms with van der Waals surface area (Å²) in [6, 6.07) is 0. The maximum Gasteiger partial charge on any atom is 0.317 e. The van der Waals surface area contributed by atoms with Crippen LogP contribution < -0.4 is 5.32 Å². The molecule has 2 N–H and O–H groups in total. The highest BCUT2D eigenvalue weighted by Gasteiger charge is 2.17. The quantitative estimate of drug-likeness (QED) is 0.697. The maximum absolute atomic E-state index is 10.2. The molecule has 0 amide bonds. The van der Waals surface area contributed by atoms with Crippen LogP contribution in [-0.4, -0.2) is 24.2 Å². The van der Waals surface area contributed by atoms with E-state index in [1.807, 2.05) is 0 Å². The van der Waals surface area contributed by atoms with Gasteiger partial charge in [-0.25, -0.2) is 0 Å². The van der Waals surface area contributed by atoms with Crippen LogP contribution in [0.1, 0.15) is 32.6 Å². The standard InChI is InChI=1S/C10H19NO2/c1-8-2-4-9(5-3-8)6-11-7-10(12)13/h8-9,11H,2-7H2,1H3,(H,12,13). The van der Waals surface area contributed by atoms with Gasteiger partial charge in [-0.3, -0.25) is 4.79 Å². The Morgan fingerprint density at radius 3 is 2.54 bits per heavy atom. The summed E-state index contributed by atoms with van der Waals surface area (Å²) in [5, 5.41) is 11.4. The lowest BCUT2D eigenvalue weighted by Crippen LogP contribution is -2.30. The normalized spacial score (nSPS) is 28.7. The van der Waals surface area contributed by atoms with E-state index in [-0.39, 0.29) is 6.54 Å². The van der Waals surface area contributed by atoms with E-state index < -0.39 is 5.97 Å². The smallest absolute Gasteiger partial charge is 0.317 e. The van der Waals surface area contributed by atoms with Crippen LogP contribution in [0.3, 0.4) is 0 Å². The minimum absolute atomic E-state index is 0.103. The Balaban J connectivity index is 2.05. The number of carboxylic acid groups (broad SMARTS) is 1. The Labute approximate surface area is 79.5 Å². The van der Waals surface area contributed by atoms with Crippen LogP contribution in [0.2, 0.25) is 0 Å². The molecule has 0 atom stereocenters. The van der Waals surface area contributed by atoms with Crippen LogP contribution in [0.15, 0.2) is 0 Å². The topological polar surface area (TPSA) is 49.3 Å². The Morgan fingerprint density at radius 2 is 2.00 bits per heavy atom. The average molecular weight is 185 g/mol. The summed E-state index contributed by atoms with van der Waals surface area (Å²) in [4.78, 5) is 10.2. The summed E-state index contributed by atoms with van der Waals surface area (Å²) in [5.41, 5.74) is 0. The summed E-state index contributed by atoms with van der Waals surface area (Å²) in [6.07, 6.45) is 5.13. The maximum atomic E-state index is 10.2. The van der Waals surface area contributed by atoms with Gasteiger partial charge in [0, 0.05) is 0 Å². The highest BCUT2D eigenvalue weighted by atomic mass is 16.4. The number of carboxylic acids is 1. The second kappa shape index (κ2) is 5.22. The molecule has 0 aromatic carbocycles. The third kappa shape index (κ3) is 4.27. The molecule has 13 heavy (non-hydrogen) atoms. The minimum atomic E-state index is -0.760. The number of rotatable bonds is 4. The first-order valence-corrected chi connectivity index (χ1v) is 5.11. The van der Waals surface area contributed by atoms with Crippen LogP contribution in [-0.2, 0) is 4.79 Å². The molecule has 0 heterocycles. The molecule has 76 valence electrons. The van der Waals surface area contributed by atoms with Crippen molar-refractivity contribution in [3.05, 3.63) is 0 Å². The van der Waals surface area contributed by atoms with E-state index >= 15 is 0 Å². The van der Waals surface area contributed by atoms with Gasteiger partial charge in [-0.05, 0) is 31.2 Å². The highest BCUT2D eigenvalue weighted by Crippen LogP contribution is 2.27. The molecule has 0 aromatic heterocycles. The molecule has 0 aromatic rings. The highest BCUT2D eigenvalue weighted by molar-refractivity contribution is 5.68. The minimum Gasteiger partial charge on any atom is -0.480 e. The van der Waals surface area contributed by atoms with Gasteiger partial charge in [0.05, 0.1) is 6.54 Å². The zero-order valence-electron chi connectivity index (χ0n) is 8.25. The molecule has 0 radical (unpaired) electrons. The Morgan fingerprint density at radius 1 is 1.38 bits per heavy atom. The van der Waals surface area contributed by atoms with Gasteiger partial charge in [0.25, 0.3) is 0 Å². The van der Waals surface area contributed by atoms with Crippen molar-refractivity contribution in [3.8, 4) is 0 Å². The van der Waals surface area contributed by atoms with Crippen molar-refractivity contribution in [2.45, 2.75) is 32.6 Å². The predicted molar refractivity (Wildman–Crippen MR) is 51.6 cm³/mol. The van der Waals surface area contributed by atoms with Crippen LogP contribution >= 0.6 is 0 Å². The zero-order valence-corrected chi connectivity index (χ0v) is 8.25. The monoisotopic (exact) mass is 185 g/mol. The predicted octanol–water partition coefficient (Wildman–Crippen LogP) is 1.49. The van der Waals surface area contributed by atoms with Crippen LogP contribution in [0, 0.1) is 11.8 Å². The molecule has 1 aliphatic carbocycles. The number of hydrogen-bond acceptors (Lipinski definition) is 2. The van der Waals surface area contributed by atoms with Crippen molar-refractivity contribution in [3.63, 3.8) is 0 Å². The van der Waals surface area contributed by atoms with E-state index in [9.17, 15) is 4.79 Å². The van der Waals surface area contributed by atoms with Gasteiger partial charge < -0.3 is 10.4 Å². The summed E-state index contributed by atoms with van der Waals surface area (Å²) in [6.45, 7) is 3.27. The van der Waals surface area contributed by atoms with Crippen LogP contribution in [0.5, 0.6) is 0 Å². The first-order valence-electron chi connectivity index (χ1n) is 5.11. The summed E-state index contributed by atoms with van der Waals surface area (Å²) < 4.78 is 0. The molecule has 1 saturated carbocycles. The van der Waals surface area contributed by atoms with Gasteiger partial charge >= 0.3 is 5.97 Å². The van der Waals surface area contributed by atoms with Crippen molar-refractivity contribution in [2.75, 3.05) is 13.1 Å². The molecule has 3 heteroatoms. The summed E-state index contributed by atoms with van der Waals surface area (Å²) >= 11 is 0. The van der Waals surface area contributed by atoms with Gasteiger partial charge in [-0.1, -0.05) is 19.8 Å². The van der Waals surface area contributed by atoms with E-state index in [0.717, 1.165) is 12.5 Å². The van der Waals surface area contributed by atoms with E-state index in [2.05, 4.69) is 12.2 Å². The Kier molecular flexibility index (Phi) is 4.22. The Bertz CT molecular complexity index is 162. The fourth-order valence-electron chi connectivity index (χ4n) is 1.92. The van der Waals surface area contributed by atoms with Gasteiger partial charge in [0.1, 0.15) is 0 Å². The number of carbonyl (C=O) groups is 1. The average Bonchev–Trinajstić information content (AvgIpc) is 2.08. The molecule has 1 aliphatic rings. The van der Waals surface area contributed by atoms with Gasteiger partial charge in [0.2, 0.25) is 0 Å². The lowest BCUT2D eigenvalue weighted by molar-refractivity contribution is -0.136. The molecule has 1 fully saturated rings. The van der Waals surface area contributed by atoms with E-state index in [1.165, 1.54) is 25.7 Å². The molecule has 0 aliphatic heterocycles. The molecule has 3 nitrogen and oxygen atoms in total. The third-order valence-corrected chi connectivity index (χ3v) is 2.84. The number of aliphatic carboxylic acids is 1. The SMILES string of the molecule is CC1CCC(CNCC(=O)O)CC1. The van der Waals surface area contributed by atoms with Gasteiger partial charge in [-0.2, -0.15) is 0 Å². The van der Waals surface area contributed by atoms with Crippen LogP contribution in [0.4, 0.5) is 0 Å². The fraction of sp³-hybridized carbons (Fsp3) is 0.900. The Hall–Kier alpha value is -0.570. The summed E-state index contributed by atoms with van der Waals surface area (Å²) in [7, 11) is 0. The van der Waals surface area contributed by atoms with Crippen molar-refractivity contribution >= 4 is 5.97 Å². The van der Waals surface area contributed by atoms with E-state index in [1.54, 1.807) is 0 Å². The third-order valence-electron chi connectivity index (χ3n) is 2.84. The number of hydrogen-bond donors (Lipinski definition) is 2. The second-order valence-electron chi connectivity index (χ2n) is 4.15. The van der Waals surface area contributed by atoms with Crippen molar-refractivity contribution in [1.82, 2.24) is 5.32 Å². The lowest BCUT2D eigenvalue weighted by Gasteiger charge is -2.25. The van der Waals surface area contributed by atoms with E-state index in [4.69, 9.17) is 5.11 Å². The van der Waals surface area contributed by atoms with Crippen LogP contribution in [0.25, 0.3) is 0 Å². The second-order valence-corrected chi connectivity index (χ2v) is 4.15. The lowest BCUT2D eigenvalue weighted by atomic mass is 9.83. The molecule has 0 unspecified atom stereocenters. The molecule has 1 rings (SSSR count). The fourth-order valence-corrected chi connectivity index (χ4v) is 1.92. The first-order chi connectivity index (χ1) is 6.18. The zero-order chi connectivity index (χ0) is 9.68. The van der Waals surface area contributed by atoms with Crippen molar-refractivity contribution in [1.29, 1.82) is 0 Å². The molecular weight excluding hydrogens is 166 g/mol. The van der Waals surface area contributed by atoms with Gasteiger partial charge in [0.15, 0.2) is 0 Å². The summed E-state index contributed by atoms with van der Waals surface area (Å²) in [5.74, 6) is 0.815. The molecule has 0 spiro atoms. The van der Waals surface area contributed by atoms with Crippen molar-refractivity contribution < 1.29 is 9.90 Å². The molecular formula is C10H19NO2. The largest absolute Gasteiger partial charge is 0.480 e. The molecule has 0 saturated heterocycles. The van der Waals surface area contributed by atoms with E-state index in [0.29, 0.717) is 5.92 Å². The van der Waals surface area contributed by atoms with Crippen molar-refractivity contribution in [2.24, 2.45) is 11.8 Å². The number of nitrogens with one attached hydrogen (secondary N) is 1.